The van der Waals surface area contributed by atoms with E-state index in [9.17, 15) is 4.79 Å². The van der Waals surface area contributed by atoms with E-state index in [1.165, 1.54) is 11.8 Å². The molecule has 1 N–H and O–H groups in total. The molecule has 0 saturated carbocycles. The summed E-state index contributed by atoms with van der Waals surface area (Å²) in [6, 6.07) is 7.36. The molecule has 1 amide bonds. The Balaban J connectivity index is 2.13. The second kappa shape index (κ2) is 7.34. The first kappa shape index (κ1) is 16.4. The van der Waals surface area contributed by atoms with Crippen molar-refractivity contribution >= 4 is 29.3 Å². The number of halogens is 1. The molecule has 2 aromatic rings. The van der Waals surface area contributed by atoms with Crippen LogP contribution in [0.2, 0.25) is 5.02 Å². The van der Waals surface area contributed by atoms with Crippen LogP contribution < -0.4 is 5.32 Å². The molecule has 2 rings (SSSR count). The molecule has 1 atom stereocenters. The van der Waals surface area contributed by atoms with E-state index in [2.05, 4.69) is 21.4 Å². The third kappa shape index (κ3) is 3.81. The van der Waals surface area contributed by atoms with Crippen LogP contribution in [0.25, 0.3) is 11.4 Å². The number of aromatic nitrogens is 3. The highest BCUT2D eigenvalue weighted by Crippen LogP contribution is 2.26. The average Bonchev–Trinajstić information content (AvgIpc) is 2.86. The van der Waals surface area contributed by atoms with Crippen molar-refractivity contribution in [3.63, 3.8) is 0 Å². The van der Waals surface area contributed by atoms with E-state index >= 15 is 0 Å². The molecule has 1 aromatic heterocycles. The Bertz CT molecular complexity index is 705. The van der Waals surface area contributed by atoms with Gasteiger partial charge in [0.1, 0.15) is 0 Å². The minimum atomic E-state index is -0.311. The summed E-state index contributed by atoms with van der Waals surface area (Å²) in [5.41, 5.74) is 0.913. The van der Waals surface area contributed by atoms with Crippen molar-refractivity contribution in [3.05, 3.63) is 29.3 Å². The van der Waals surface area contributed by atoms with Crippen LogP contribution in [0.15, 0.2) is 29.4 Å². The smallest absolute Gasteiger partial charge is 0.234 e. The number of rotatable bonds is 5. The van der Waals surface area contributed by atoms with Gasteiger partial charge in [-0.05, 0) is 31.2 Å². The molecule has 0 spiro atoms. The lowest BCUT2D eigenvalue weighted by Crippen LogP contribution is -2.31. The molecule has 1 heterocycles. The molecule has 0 aliphatic carbocycles. The van der Waals surface area contributed by atoms with Crippen molar-refractivity contribution in [2.24, 2.45) is 7.05 Å². The predicted molar refractivity (Wildman–Crippen MR) is 88.6 cm³/mol. The Morgan fingerprint density at radius 3 is 2.77 bits per heavy atom. The normalized spacial score (nSPS) is 11.7. The molecule has 5 nitrogen and oxygen atoms in total. The number of hydrogen-bond donors (Lipinski definition) is 1. The number of thioether (sulfide) groups is 1. The number of carbonyl (C=O) groups excluding carboxylic acids is 1. The highest BCUT2D eigenvalue weighted by Gasteiger charge is 2.18. The van der Waals surface area contributed by atoms with Crippen molar-refractivity contribution in [3.8, 4) is 23.7 Å². The summed E-state index contributed by atoms with van der Waals surface area (Å²) < 4.78 is 1.85. The van der Waals surface area contributed by atoms with Crippen LogP contribution in [0.4, 0.5) is 0 Å². The summed E-state index contributed by atoms with van der Waals surface area (Å²) in [5, 5.41) is 12.0. The zero-order valence-corrected chi connectivity index (χ0v) is 13.8. The van der Waals surface area contributed by atoms with Crippen LogP contribution in [-0.4, -0.2) is 32.5 Å². The third-order valence-corrected chi connectivity index (χ3v) is 4.34. The van der Waals surface area contributed by atoms with Crippen LogP contribution in [0, 0.1) is 12.3 Å². The molecular weight excluding hydrogens is 320 g/mol. The quantitative estimate of drug-likeness (QED) is 0.673. The predicted octanol–water partition coefficient (Wildman–Crippen LogP) is 2.37. The second-order valence-corrected chi connectivity index (χ2v) is 6.30. The fourth-order valence-electron chi connectivity index (χ4n) is 1.76. The van der Waals surface area contributed by atoms with Gasteiger partial charge >= 0.3 is 0 Å². The number of carbonyl (C=O) groups is 1. The van der Waals surface area contributed by atoms with E-state index in [1.807, 2.05) is 23.7 Å². The van der Waals surface area contributed by atoms with Gasteiger partial charge in [-0.15, -0.1) is 16.6 Å². The van der Waals surface area contributed by atoms with Gasteiger partial charge in [0.25, 0.3) is 0 Å². The molecule has 0 fully saturated rings. The summed E-state index contributed by atoms with van der Waals surface area (Å²) in [7, 11) is 1.86. The van der Waals surface area contributed by atoms with E-state index in [-0.39, 0.29) is 17.7 Å². The van der Waals surface area contributed by atoms with Crippen molar-refractivity contribution in [2.45, 2.75) is 17.3 Å². The first-order chi connectivity index (χ1) is 10.5. The minimum absolute atomic E-state index is 0.126. The van der Waals surface area contributed by atoms with E-state index in [1.54, 1.807) is 19.1 Å². The number of nitrogens with zero attached hydrogens (tertiary/aromatic N) is 3. The van der Waals surface area contributed by atoms with Gasteiger partial charge < -0.3 is 9.88 Å². The minimum Gasteiger partial charge on any atom is -0.344 e. The summed E-state index contributed by atoms with van der Waals surface area (Å²) in [4.78, 5) is 11.8. The summed E-state index contributed by atoms with van der Waals surface area (Å²) in [6.45, 7) is 2.02. The monoisotopic (exact) mass is 334 g/mol. The molecule has 0 aliphatic rings. The lowest BCUT2D eigenvalue weighted by Gasteiger charge is -2.10. The largest absolute Gasteiger partial charge is 0.344 e. The Morgan fingerprint density at radius 2 is 2.14 bits per heavy atom. The van der Waals surface area contributed by atoms with Crippen molar-refractivity contribution in [1.82, 2.24) is 20.1 Å². The number of nitrogens with one attached hydrogen (secondary N) is 1. The summed E-state index contributed by atoms with van der Waals surface area (Å²) in [5.74, 6) is 2.97. The van der Waals surface area contributed by atoms with Crippen molar-refractivity contribution in [2.75, 3.05) is 6.54 Å². The van der Waals surface area contributed by atoms with Gasteiger partial charge in [-0.1, -0.05) is 29.3 Å². The third-order valence-electron chi connectivity index (χ3n) is 2.95. The maximum Gasteiger partial charge on any atom is 0.234 e. The van der Waals surface area contributed by atoms with Crippen molar-refractivity contribution < 1.29 is 4.79 Å². The molecule has 0 bridgehead atoms. The van der Waals surface area contributed by atoms with E-state index < -0.39 is 0 Å². The van der Waals surface area contributed by atoms with E-state index in [0.717, 1.165) is 11.4 Å². The molecule has 1 aromatic carbocycles. The molecule has 1 unspecified atom stereocenters. The van der Waals surface area contributed by atoms with Crippen LogP contribution in [0.1, 0.15) is 6.92 Å². The lowest BCUT2D eigenvalue weighted by molar-refractivity contribution is -0.120. The molecule has 22 heavy (non-hydrogen) atoms. The number of terminal acetylenes is 1. The highest BCUT2D eigenvalue weighted by molar-refractivity contribution is 8.00. The first-order valence-electron chi connectivity index (χ1n) is 6.56. The second-order valence-electron chi connectivity index (χ2n) is 4.55. The first-order valence-corrected chi connectivity index (χ1v) is 7.82. The Hall–Kier alpha value is -1.97. The van der Waals surface area contributed by atoms with Gasteiger partial charge in [-0.25, -0.2) is 0 Å². The van der Waals surface area contributed by atoms with E-state index in [4.69, 9.17) is 18.0 Å². The highest BCUT2D eigenvalue weighted by atomic mass is 35.5. The van der Waals surface area contributed by atoms with Gasteiger partial charge in [0, 0.05) is 17.6 Å². The number of benzene rings is 1. The average molecular weight is 335 g/mol. The standard InChI is InChI=1S/C15H15ClN4OS/c1-4-9-17-14(21)10(2)22-15-19-18-13(20(15)3)11-5-7-12(16)8-6-11/h1,5-8,10H,9H2,2-3H3,(H,17,21). The van der Waals surface area contributed by atoms with Gasteiger partial charge in [-0.2, -0.15) is 0 Å². The maximum atomic E-state index is 11.8. The SMILES string of the molecule is C#CCNC(=O)C(C)Sc1nnc(-c2ccc(Cl)cc2)n1C. The maximum absolute atomic E-state index is 11.8. The fourth-order valence-corrected chi connectivity index (χ4v) is 2.73. The molecule has 0 radical (unpaired) electrons. The molecule has 0 aliphatic heterocycles. The zero-order valence-electron chi connectivity index (χ0n) is 12.2. The fraction of sp³-hybridized carbons (Fsp3) is 0.267. The molecule has 114 valence electrons. The Kier molecular flexibility index (Phi) is 5.47. The molecule has 0 saturated heterocycles. The zero-order chi connectivity index (χ0) is 16.1. The molecular formula is C15H15ClN4OS. The van der Waals surface area contributed by atoms with Crippen molar-refractivity contribution in [1.29, 1.82) is 0 Å². The van der Waals surface area contributed by atoms with E-state index in [0.29, 0.717) is 10.2 Å². The van der Waals surface area contributed by atoms with Gasteiger partial charge in [0.15, 0.2) is 11.0 Å². The number of amides is 1. The Labute approximate surface area is 138 Å². The Morgan fingerprint density at radius 1 is 1.45 bits per heavy atom. The van der Waals surface area contributed by atoms with Gasteiger partial charge in [-0.3, -0.25) is 4.79 Å². The van der Waals surface area contributed by atoms with Crippen LogP contribution in [-0.2, 0) is 11.8 Å². The summed E-state index contributed by atoms with van der Waals surface area (Å²) >= 11 is 7.21. The number of hydrogen-bond acceptors (Lipinski definition) is 4. The lowest BCUT2D eigenvalue weighted by atomic mass is 10.2. The molecule has 7 heteroatoms. The van der Waals surface area contributed by atoms with Crippen LogP contribution in [0.3, 0.4) is 0 Å². The van der Waals surface area contributed by atoms with Gasteiger partial charge in [0.05, 0.1) is 11.8 Å². The van der Waals surface area contributed by atoms with Crippen LogP contribution in [0.5, 0.6) is 0 Å². The summed E-state index contributed by atoms with van der Waals surface area (Å²) in [6.07, 6.45) is 5.12. The van der Waals surface area contributed by atoms with Gasteiger partial charge in [0.2, 0.25) is 5.91 Å². The topological polar surface area (TPSA) is 59.8 Å². The van der Waals surface area contributed by atoms with Crippen LogP contribution >= 0.6 is 23.4 Å².